The van der Waals surface area contributed by atoms with Crippen molar-refractivity contribution in [3.05, 3.63) is 35.5 Å². The minimum atomic E-state index is -0.369. The Kier molecular flexibility index (Phi) is 5.55. The lowest BCUT2D eigenvalue weighted by Crippen LogP contribution is -2.17. The summed E-state index contributed by atoms with van der Waals surface area (Å²) in [6.45, 7) is 5.41. The van der Waals surface area contributed by atoms with Crippen LogP contribution in [-0.4, -0.2) is 36.4 Å². The zero-order valence-corrected chi connectivity index (χ0v) is 12.8. The Morgan fingerprint density at radius 1 is 1.45 bits per heavy atom. The molecule has 5 nitrogen and oxygen atoms in total. The molecule has 2 atom stereocenters. The molecule has 0 amide bonds. The van der Waals surface area contributed by atoms with Gasteiger partial charge in [-0.25, -0.2) is 4.79 Å². The van der Waals surface area contributed by atoms with Gasteiger partial charge in [-0.2, -0.15) is 0 Å². The van der Waals surface area contributed by atoms with E-state index in [0.29, 0.717) is 18.4 Å². The molecule has 0 spiro atoms. The van der Waals surface area contributed by atoms with Crippen molar-refractivity contribution < 1.29 is 24.2 Å². The summed E-state index contributed by atoms with van der Waals surface area (Å²) in [5.41, 5.74) is 2.36. The third kappa shape index (κ3) is 4.07. The zero-order chi connectivity index (χ0) is 16.1. The molecule has 120 valence electrons. The first-order valence-corrected chi connectivity index (χ1v) is 7.52. The Labute approximate surface area is 130 Å². The predicted octanol–water partition coefficient (Wildman–Crippen LogP) is 2.07. The summed E-state index contributed by atoms with van der Waals surface area (Å²) in [7, 11) is 0. The van der Waals surface area contributed by atoms with Crippen LogP contribution in [0.25, 0.3) is 0 Å². The summed E-state index contributed by atoms with van der Waals surface area (Å²) in [6.07, 6.45) is 6.44. The number of hydrogen-bond donors (Lipinski definition) is 1. The van der Waals surface area contributed by atoms with Crippen molar-refractivity contribution in [2.24, 2.45) is 5.92 Å². The fraction of sp³-hybridized carbons (Fsp3) is 0.529. The van der Waals surface area contributed by atoms with E-state index in [1.54, 1.807) is 0 Å². The molecule has 1 aliphatic heterocycles. The highest BCUT2D eigenvalue weighted by atomic mass is 16.6. The van der Waals surface area contributed by atoms with Crippen LogP contribution in [0.15, 0.2) is 35.5 Å². The SMILES string of the molecule is C=C1C(=O)O[C@@H]2/C=C(\COC(C)=O)CCC=C(CO)CC[C@@H]12. The third-order valence-corrected chi connectivity index (χ3v) is 4.09. The number of hydrogen-bond acceptors (Lipinski definition) is 5. The van der Waals surface area contributed by atoms with Gasteiger partial charge in [0.1, 0.15) is 12.7 Å². The normalized spacial score (nSPS) is 28.1. The molecule has 2 rings (SSSR count). The quantitative estimate of drug-likeness (QED) is 0.491. The molecule has 0 aromatic rings. The minimum Gasteiger partial charge on any atom is -0.461 e. The second-order valence-electron chi connectivity index (χ2n) is 5.70. The van der Waals surface area contributed by atoms with Crippen molar-refractivity contribution in [1.82, 2.24) is 0 Å². The molecule has 1 saturated heterocycles. The first-order chi connectivity index (χ1) is 10.5. The molecule has 22 heavy (non-hydrogen) atoms. The Hall–Kier alpha value is -1.88. The molecule has 1 N–H and O–H groups in total. The van der Waals surface area contributed by atoms with Gasteiger partial charge in [0.25, 0.3) is 0 Å². The van der Waals surface area contributed by atoms with Crippen molar-refractivity contribution in [3.8, 4) is 0 Å². The van der Waals surface area contributed by atoms with Gasteiger partial charge in [-0.1, -0.05) is 12.7 Å². The van der Waals surface area contributed by atoms with Crippen molar-refractivity contribution >= 4 is 11.9 Å². The van der Waals surface area contributed by atoms with Crippen LogP contribution in [-0.2, 0) is 19.1 Å². The largest absolute Gasteiger partial charge is 0.461 e. The summed E-state index contributed by atoms with van der Waals surface area (Å²) in [6, 6.07) is 0. The van der Waals surface area contributed by atoms with Crippen LogP contribution in [0.3, 0.4) is 0 Å². The molecule has 0 bridgehead atoms. The van der Waals surface area contributed by atoms with E-state index in [1.807, 2.05) is 12.2 Å². The second-order valence-corrected chi connectivity index (χ2v) is 5.70. The van der Waals surface area contributed by atoms with Crippen LogP contribution in [0, 0.1) is 5.92 Å². The van der Waals surface area contributed by atoms with Crippen LogP contribution in [0.1, 0.15) is 32.6 Å². The van der Waals surface area contributed by atoms with Gasteiger partial charge in [0.05, 0.1) is 6.61 Å². The minimum absolute atomic E-state index is 0.0155. The number of fused-ring (bicyclic) bond motifs is 1. The lowest BCUT2D eigenvalue weighted by atomic mass is 9.88. The number of ether oxygens (including phenoxy) is 2. The highest BCUT2D eigenvalue weighted by Gasteiger charge is 2.37. The Morgan fingerprint density at radius 3 is 2.91 bits per heavy atom. The van der Waals surface area contributed by atoms with E-state index in [1.165, 1.54) is 6.92 Å². The van der Waals surface area contributed by atoms with E-state index in [2.05, 4.69) is 6.58 Å². The van der Waals surface area contributed by atoms with Crippen LogP contribution >= 0.6 is 0 Å². The average Bonchev–Trinajstić information content (AvgIpc) is 2.75. The molecule has 0 aromatic carbocycles. The van der Waals surface area contributed by atoms with E-state index in [-0.39, 0.29) is 37.2 Å². The number of carbonyl (C=O) groups excluding carboxylic acids is 2. The Bertz CT molecular complexity index is 529. The zero-order valence-electron chi connectivity index (χ0n) is 12.8. The maximum Gasteiger partial charge on any atom is 0.334 e. The molecule has 0 radical (unpaired) electrons. The van der Waals surface area contributed by atoms with Crippen LogP contribution in [0.2, 0.25) is 0 Å². The summed E-state index contributed by atoms with van der Waals surface area (Å²) in [5.74, 6) is -0.798. The van der Waals surface area contributed by atoms with E-state index in [9.17, 15) is 14.7 Å². The maximum atomic E-state index is 11.8. The van der Waals surface area contributed by atoms with Crippen LogP contribution in [0.5, 0.6) is 0 Å². The van der Waals surface area contributed by atoms with Crippen molar-refractivity contribution in [2.45, 2.75) is 38.7 Å². The molecule has 1 heterocycles. The summed E-state index contributed by atoms with van der Waals surface area (Å²) in [5, 5.41) is 9.40. The Morgan fingerprint density at radius 2 is 2.23 bits per heavy atom. The summed E-state index contributed by atoms with van der Waals surface area (Å²) in [4.78, 5) is 22.8. The lowest BCUT2D eigenvalue weighted by Gasteiger charge is -2.19. The van der Waals surface area contributed by atoms with Gasteiger partial charge in [0, 0.05) is 18.4 Å². The molecule has 1 fully saturated rings. The van der Waals surface area contributed by atoms with Gasteiger partial charge in [0.2, 0.25) is 0 Å². The predicted molar refractivity (Wildman–Crippen MR) is 80.9 cm³/mol. The topological polar surface area (TPSA) is 72.8 Å². The fourth-order valence-electron chi connectivity index (χ4n) is 2.80. The number of aliphatic hydroxyl groups is 1. The molecule has 1 aliphatic carbocycles. The van der Waals surface area contributed by atoms with Gasteiger partial charge in [-0.15, -0.1) is 0 Å². The fourth-order valence-corrected chi connectivity index (χ4v) is 2.80. The number of carbonyl (C=O) groups is 2. The standard InChI is InChI=1S/C17H22O5/c1-11-15-7-6-13(9-18)4-3-5-14(10-21-12(2)19)8-16(15)22-17(11)20/h4,8,15-16,18H,1,3,5-7,9-10H2,2H3/b13-4?,14-8-/t15-,16+/m0/s1. The van der Waals surface area contributed by atoms with Gasteiger partial charge < -0.3 is 14.6 Å². The van der Waals surface area contributed by atoms with Crippen LogP contribution in [0.4, 0.5) is 0 Å². The van der Waals surface area contributed by atoms with E-state index < -0.39 is 0 Å². The lowest BCUT2D eigenvalue weighted by molar-refractivity contribution is -0.140. The van der Waals surface area contributed by atoms with Crippen molar-refractivity contribution in [3.63, 3.8) is 0 Å². The Balaban J connectivity index is 2.21. The molecule has 5 heteroatoms. The summed E-state index contributed by atoms with van der Waals surface area (Å²) < 4.78 is 10.4. The highest BCUT2D eigenvalue weighted by Crippen LogP contribution is 2.34. The summed E-state index contributed by atoms with van der Waals surface area (Å²) >= 11 is 0. The van der Waals surface area contributed by atoms with Crippen molar-refractivity contribution in [2.75, 3.05) is 13.2 Å². The smallest absolute Gasteiger partial charge is 0.334 e. The molecular formula is C17H22O5. The number of allylic oxidation sites excluding steroid dienone is 1. The second kappa shape index (κ2) is 7.40. The number of rotatable bonds is 3. The van der Waals surface area contributed by atoms with Gasteiger partial charge in [-0.3, -0.25) is 4.79 Å². The van der Waals surface area contributed by atoms with Gasteiger partial charge in [-0.05, 0) is 42.9 Å². The van der Waals surface area contributed by atoms with E-state index in [4.69, 9.17) is 9.47 Å². The molecule has 0 saturated carbocycles. The number of esters is 2. The molecule has 2 aliphatic rings. The molecule has 0 aromatic heterocycles. The third-order valence-electron chi connectivity index (χ3n) is 4.09. The number of aliphatic hydroxyl groups excluding tert-OH is 1. The van der Waals surface area contributed by atoms with Crippen molar-refractivity contribution in [1.29, 1.82) is 0 Å². The monoisotopic (exact) mass is 306 g/mol. The average molecular weight is 306 g/mol. The highest BCUT2D eigenvalue weighted by molar-refractivity contribution is 5.91. The maximum absolute atomic E-state index is 11.8. The van der Waals surface area contributed by atoms with Gasteiger partial charge >= 0.3 is 11.9 Å². The van der Waals surface area contributed by atoms with Gasteiger partial charge in [0.15, 0.2) is 0 Å². The van der Waals surface area contributed by atoms with Crippen LogP contribution < -0.4 is 0 Å². The first-order valence-electron chi connectivity index (χ1n) is 7.52. The van der Waals surface area contributed by atoms with E-state index >= 15 is 0 Å². The van der Waals surface area contributed by atoms with E-state index in [0.717, 1.165) is 24.0 Å². The molecule has 0 unspecified atom stereocenters. The first kappa shape index (κ1) is 16.5. The molecular weight excluding hydrogens is 284 g/mol.